The van der Waals surface area contributed by atoms with E-state index in [2.05, 4.69) is 0 Å². The second-order valence-corrected chi connectivity index (χ2v) is 3.04. The number of aliphatic hydroxyl groups excluding tert-OH is 1. The van der Waals surface area contributed by atoms with E-state index in [0.29, 0.717) is 0 Å². The lowest BCUT2D eigenvalue weighted by Crippen LogP contribution is -2.22. The first-order valence-corrected chi connectivity index (χ1v) is 4.22. The van der Waals surface area contributed by atoms with Crippen LogP contribution in [0.1, 0.15) is 18.5 Å². The van der Waals surface area contributed by atoms with Crippen LogP contribution in [0.5, 0.6) is 5.75 Å². The molecule has 3 nitrogen and oxygen atoms in total. The van der Waals surface area contributed by atoms with Crippen LogP contribution in [0.2, 0.25) is 0 Å². The second kappa shape index (κ2) is 4.25. The second-order valence-electron chi connectivity index (χ2n) is 3.04. The average Bonchev–Trinajstić information content (AvgIpc) is 2.17. The highest BCUT2D eigenvalue weighted by atomic mass is 16.5. The Kier molecular flexibility index (Phi) is 3.28. The molecule has 3 N–H and O–H groups in total. The molecule has 0 saturated heterocycles. The maximum atomic E-state index is 9.24. The van der Waals surface area contributed by atoms with Gasteiger partial charge < -0.3 is 15.6 Å². The molecule has 0 aliphatic heterocycles. The van der Waals surface area contributed by atoms with Crippen LogP contribution in [0.3, 0.4) is 0 Å². The fourth-order valence-corrected chi connectivity index (χ4v) is 1.10. The normalized spacial score (nSPS) is 15.1. The number of ether oxygens (including phenoxy) is 1. The van der Waals surface area contributed by atoms with Crippen LogP contribution in [-0.4, -0.2) is 18.3 Å². The number of hydrogen-bond donors (Lipinski definition) is 2. The number of aliphatic hydroxyl groups is 1. The summed E-state index contributed by atoms with van der Waals surface area (Å²) in [6, 6.07) is 7.05. The Labute approximate surface area is 78.1 Å². The molecule has 0 radical (unpaired) electrons. The van der Waals surface area contributed by atoms with Crippen LogP contribution in [0.15, 0.2) is 24.3 Å². The maximum Gasteiger partial charge on any atom is 0.118 e. The standard InChI is InChI=1S/C10H15NO2/c1-7(12)10(11)8-3-5-9(13-2)6-4-8/h3-7,10,12H,11H2,1-2H3/t7?,10-/m1/s1. The fraction of sp³-hybridized carbons (Fsp3) is 0.400. The van der Waals surface area contributed by atoms with Crippen molar-refractivity contribution >= 4 is 0 Å². The molecular formula is C10H15NO2. The molecule has 0 amide bonds. The molecule has 1 aromatic carbocycles. The molecule has 72 valence electrons. The van der Waals surface area contributed by atoms with Crippen molar-refractivity contribution in [2.75, 3.05) is 7.11 Å². The number of rotatable bonds is 3. The summed E-state index contributed by atoms with van der Waals surface area (Å²) in [4.78, 5) is 0. The van der Waals surface area contributed by atoms with Gasteiger partial charge in [0.15, 0.2) is 0 Å². The van der Waals surface area contributed by atoms with Gasteiger partial charge in [0.2, 0.25) is 0 Å². The molecule has 0 aliphatic rings. The average molecular weight is 181 g/mol. The monoisotopic (exact) mass is 181 g/mol. The predicted molar refractivity (Wildman–Crippen MR) is 51.6 cm³/mol. The van der Waals surface area contributed by atoms with Crippen molar-refractivity contribution in [3.63, 3.8) is 0 Å². The molecule has 0 aliphatic carbocycles. The highest BCUT2D eigenvalue weighted by molar-refractivity contribution is 5.29. The van der Waals surface area contributed by atoms with Crippen molar-refractivity contribution < 1.29 is 9.84 Å². The molecule has 0 aromatic heterocycles. The zero-order chi connectivity index (χ0) is 9.84. The first-order valence-electron chi connectivity index (χ1n) is 4.22. The van der Waals surface area contributed by atoms with Gasteiger partial charge in [0.05, 0.1) is 19.3 Å². The van der Waals surface area contributed by atoms with Crippen LogP contribution < -0.4 is 10.5 Å². The van der Waals surface area contributed by atoms with Gasteiger partial charge in [-0.05, 0) is 24.6 Å². The van der Waals surface area contributed by atoms with Gasteiger partial charge in [-0.2, -0.15) is 0 Å². The topological polar surface area (TPSA) is 55.5 Å². The van der Waals surface area contributed by atoms with E-state index in [1.165, 1.54) is 0 Å². The van der Waals surface area contributed by atoms with Gasteiger partial charge in [-0.25, -0.2) is 0 Å². The van der Waals surface area contributed by atoms with E-state index in [1.807, 2.05) is 24.3 Å². The largest absolute Gasteiger partial charge is 0.497 e. The lowest BCUT2D eigenvalue weighted by molar-refractivity contribution is 0.164. The van der Waals surface area contributed by atoms with Crippen LogP contribution in [0.25, 0.3) is 0 Å². The fourth-order valence-electron chi connectivity index (χ4n) is 1.10. The molecule has 1 unspecified atom stereocenters. The SMILES string of the molecule is COc1ccc([C@H](N)C(C)O)cc1. The minimum Gasteiger partial charge on any atom is -0.497 e. The van der Waals surface area contributed by atoms with Crippen LogP contribution in [0, 0.1) is 0 Å². The van der Waals surface area contributed by atoms with Crippen molar-refractivity contribution in [3.05, 3.63) is 29.8 Å². The van der Waals surface area contributed by atoms with E-state index in [-0.39, 0.29) is 6.04 Å². The van der Waals surface area contributed by atoms with Crippen LogP contribution in [0.4, 0.5) is 0 Å². The highest BCUT2D eigenvalue weighted by Crippen LogP contribution is 2.17. The van der Waals surface area contributed by atoms with Crippen molar-refractivity contribution in [1.82, 2.24) is 0 Å². The third-order valence-corrected chi connectivity index (χ3v) is 2.02. The highest BCUT2D eigenvalue weighted by Gasteiger charge is 2.11. The quantitative estimate of drug-likeness (QED) is 0.733. The van der Waals surface area contributed by atoms with Gasteiger partial charge in [-0.1, -0.05) is 12.1 Å². The number of methoxy groups -OCH3 is 1. The summed E-state index contributed by atoms with van der Waals surface area (Å²) < 4.78 is 5.01. The zero-order valence-electron chi connectivity index (χ0n) is 7.90. The Hall–Kier alpha value is -1.06. The molecule has 3 heteroatoms. The van der Waals surface area contributed by atoms with Crippen molar-refractivity contribution in [2.45, 2.75) is 19.1 Å². The molecule has 1 aromatic rings. The molecule has 0 spiro atoms. The Morgan fingerprint density at radius 1 is 1.31 bits per heavy atom. The van der Waals surface area contributed by atoms with Crippen LogP contribution >= 0.6 is 0 Å². The smallest absolute Gasteiger partial charge is 0.118 e. The Morgan fingerprint density at radius 2 is 1.85 bits per heavy atom. The molecule has 0 fully saturated rings. The summed E-state index contributed by atoms with van der Waals surface area (Å²) in [6.45, 7) is 1.68. The molecule has 0 heterocycles. The lowest BCUT2D eigenvalue weighted by atomic mass is 10.0. The number of benzene rings is 1. The summed E-state index contributed by atoms with van der Waals surface area (Å²) in [5.41, 5.74) is 6.65. The summed E-state index contributed by atoms with van der Waals surface area (Å²) >= 11 is 0. The van der Waals surface area contributed by atoms with E-state index >= 15 is 0 Å². The summed E-state index contributed by atoms with van der Waals surface area (Å²) in [6.07, 6.45) is -0.534. The molecule has 1 rings (SSSR count). The minimum atomic E-state index is -0.534. The van der Waals surface area contributed by atoms with Gasteiger partial charge in [-0.3, -0.25) is 0 Å². The van der Waals surface area contributed by atoms with Gasteiger partial charge in [0.25, 0.3) is 0 Å². The lowest BCUT2D eigenvalue weighted by Gasteiger charge is -2.14. The summed E-state index contributed by atoms with van der Waals surface area (Å²) in [5, 5.41) is 9.24. The van der Waals surface area contributed by atoms with Gasteiger partial charge >= 0.3 is 0 Å². The Bertz CT molecular complexity index is 256. The van der Waals surface area contributed by atoms with Gasteiger partial charge in [-0.15, -0.1) is 0 Å². The van der Waals surface area contributed by atoms with Crippen molar-refractivity contribution in [1.29, 1.82) is 0 Å². The van der Waals surface area contributed by atoms with E-state index < -0.39 is 6.10 Å². The Morgan fingerprint density at radius 3 is 2.23 bits per heavy atom. The third kappa shape index (κ3) is 2.44. The van der Waals surface area contributed by atoms with Gasteiger partial charge in [0, 0.05) is 0 Å². The predicted octanol–water partition coefficient (Wildman–Crippen LogP) is 1.08. The molecule has 2 atom stereocenters. The van der Waals surface area contributed by atoms with Gasteiger partial charge in [0.1, 0.15) is 5.75 Å². The molecule has 13 heavy (non-hydrogen) atoms. The van der Waals surface area contributed by atoms with E-state index in [4.69, 9.17) is 10.5 Å². The van der Waals surface area contributed by atoms with E-state index in [0.717, 1.165) is 11.3 Å². The Balaban J connectivity index is 2.79. The zero-order valence-corrected chi connectivity index (χ0v) is 7.90. The van der Waals surface area contributed by atoms with Crippen molar-refractivity contribution in [3.8, 4) is 5.75 Å². The minimum absolute atomic E-state index is 0.328. The molecule has 0 bridgehead atoms. The number of hydrogen-bond acceptors (Lipinski definition) is 3. The molecule has 0 saturated carbocycles. The van der Waals surface area contributed by atoms with E-state index in [1.54, 1.807) is 14.0 Å². The molecular weight excluding hydrogens is 166 g/mol. The third-order valence-electron chi connectivity index (χ3n) is 2.02. The summed E-state index contributed by atoms with van der Waals surface area (Å²) in [5.74, 6) is 0.793. The van der Waals surface area contributed by atoms with E-state index in [9.17, 15) is 5.11 Å². The van der Waals surface area contributed by atoms with Crippen molar-refractivity contribution in [2.24, 2.45) is 5.73 Å². The maximum absolute atomic E-state index is 9.24. The number of nitrogens with two attached hydrogens (primary N) is 1. The summed E-state index contributed by atoms with van der Waals surface area (Å²) in [7, 11) is 1.61. The first-order chi connectivity index (χ1) is 6.15. The first kappa shape index (κ1) is 10.0. The van der Waals surface area contributed by atoms with Crippen LogP contribution in [-0.2, 0) is 0 Å².